The lowest BCUT2D eigenvalue weighted by molar-refractivity contribution is 0.0600. The summed E-state index contributed by atoms with van der Waals surface area (Å²) in [5.41, 5.74) is 3.13. The van der Waals surface area contributed by atoms with Gasteiger partial charge in [-0.3, -0.25) is 0 Å². The Balaban J connectivity index is 1.66. The highest BCUT2D eigenvalue weighted by Crippen LogP contribution is 2.23. The maximum atomic E-state index is 11.6. The van der Waals surface area contributed by atoms with Gasteiger partial charge in [0.15, 0.2) is 5.82 Å². The number of hydrogen-bond donors (Lipinski definition) is 0. The highest BCUT2D eigenvalue weighted by atomic mass is 16.5. The van der Waals surface area contributed by atoms with Crippen LogP contribution in [0.5, 0.6) is 6.01 Å². The molecule has 0 spiro atoms. The van der Waals surface area contributed by atoms with Gasteiger partial charge in [0.2, 0.25) is 0 Å². The summed E-state index contributed by atoms with van der Waals surface area (Å²) in [6, 6.07) is 26.9. The first-order chi connectivity index (χ1) is 14.2. The van der Waals surface area contributed by atoms with Gasteiger partial charge in [-0.05, 0) is 29.8 Å². The molecule has 0 atom stereocenters. The third kappa shape index (κ3) is 4.16. The second-order valence-corrected chi connectivity index (χ2v) is 6.31. The highest BCUT2D eigenvalue weighted by molar-refractivity contribution is 5.89. The standard InChI is InChI=1S/C23H19N3O3/c1-28-22(27)19-14-12-18(13-15-19)21-24-23(29-16-17-8-4-2-5-9-17)26(25-21)20-10-6-3-7-11-20/h2-15H,16H2,1H3. The van der Waals surface area contributed by atoms with Gasteiger partial charge in [-0.15, -0.1) is 5.10 Å². The molecule has 144 valence electrons. The van der Waals surface area contributed by atoms with Crippen LogP contribution in [0.15, 0.2) is 84.9 Å². The van der Waals surface area contributed by atoms with E-state index in [-0.39, 0.29) is 5.97 Å². The number of carbonyl (C=O) groups is 1. The van der Waals surface area contributed by atoms with Crippen molar-refractivity contribution in [3.05, 3.63) is 96.1 Å². The molecule has 0 saturated heterocycles. The number of para-hydroxylation sites is 1. The smallest absolute Gasteiger partial charge is 0.337 e. The Morgan fingerprint density at radius 2 is 1.55 bits per heavy atom. The first-order valence-corrected chi connectivity index (χ1v) is 9.12. The molecular formula is C23H19N3O3. The van der Waals surface area contributed by atoms with Crippen LogP contribution in [0.25, 0.3) is 17.1 Å². The molecule has 0 N–H and O–H groups in total. The fraction of sp³-hybridized carbons (Fsp3) is 0.0870. The molecule has 0 aliphatic heterocycles. The molecule has 0 amide bonds. The monoisotopic (exact) mass is 385 g/mol. The molecule has 1 aromatic heterocycles. The zero-order chi connectivity index (χ0) is 20.1. The lowest BCUT2D eigenvalue weighted by atomic mass is 10.1. The van der Waals surface area contributed by atoms with E-state index in [2.05, 4.69) is 10.1 Å². The van der Waals surface area contributed by atoms with Crippen molar-refractivity contribution in [2.24, 2.45) is 0 Å². The Morgan fingerprint density at radius 1 is 0.897 bits per heavy atom. The van der Waals surface area contributed by atoms with Crippen molar-refractivity contribution in [2.75, 3.05) is 7.11 Å². The lowest BCUT2D eigenvalue weighted by Crippen LogP contribution is -2.03. The van der Waals surface area contributed by atoms with E-state index in [0.717, 1.165) is 16.8 Å². The average molecular weight is 385 g/mol. The number of rotatable bonds is 6. The maximum absolute atomic E-state index is 11.6. The highest BCUT2D eigenvalue weighted by Gasteiger charge is 2.15. The van der Waals surface area contributed by atoms with Crippen molar-refractivity contribution >= 4 is 5.97 Å². The molecule has 0 aliphatic rings. The fourth-order valence-electron chi connectivity index (χ4n) is 2.85. The zero-order valence-electron chi connectivity index (χ0n) is 15.9. The minimum Gasteiger partial charge on any atom is -0.465 e. The molecule has 1 heterocycles. The Kier molecular flexibility index (Phi) is 5.33. The van der Waals surface area contributed by atoms with Gasteiger partial charge in [0, 0.05) is 5.56 Å². The average Bonchev–Trinajstić information content (AvgIpc) is 3.23. The van der Waals surface area contributed by atoms with Crippen molar-refractivity contribution in [1.29, 1.82) is 0 Å². The molecule has 0 unspecified atom stereocenters. The summed E-state index contributed by atoms with van der Waals surface area (Å²) in [6.07, 6.45) is 0. The van der Waals surface area contributed by atoms with E-state index in [9.17, 15) is 4.79 Å². The van der Waals surface area contributed by atoms with Gasteiger partial charge in [0.05, 0.1) is 18.4 Å². The van der Waals surface area contributed by atoms with E-state index in [1.54, 1.807) is 28.9 Å². The predicted octanol–water partition coefficient (Wildman–Crippen LogP) is 4.30. The lowest BCUT2D eigenvalue weighted by Gasteiger charge is -2.07. The molecule has 0 bridgehead atoms. The van der Waals surface area contributed by atoms with E-state index in [1.807, 2.05) is 60.7 Å². The van der Waals surface area contributed by atoms with E-state index < -0.39 is 0 Å². The van der Waals surface area contributed by atoms with Crippen molar-refractivity contribution in [3.63, 3.8) is 0 Å². The van der Waals surface area contributed by atoms with Crippen LogP contribution in [0.2, 0.25) is 0 Å². The third-order valence-corrected chi connectivity index (χ3v) is 4.35. The number of methoxy groups -OCH3 is 1. The summed E-state index contributed by atoms with van der Waals surface area (Å²) >= 11 is 0. The minimum absolute atomic E-state index is 0.382. The predicted molar refractivity (Wildman–Crippen MR) is 109 cm³/mol. The van der Waals surface area contributed by atoms with Crippen LogP contribution in [0.3, 0.4) is 0 Å². The molecule has 0 aliphatic carbocycles. The van der Waals surface area contributed by atoms with Crippen molar-refractivity contribution < 1.29 is 14.3 Å². The molecular weight excluding hydrogens is 366 g/mol. The van der Waals surface area contributed by atoms with Crippen LogP contribution in [0.1, 0.15) is 15.9 Å². The van der Waals surface area contributed by atoms with Gasteiger partial charge >= 0.3 is 12.0 Å². The maximum Gasteiger partial charge on any atom is 0.337 e. The van der Waals surface area contributed by atoms with Gasteiger partial charge in [-0.25, -0.2) is 4.79 Å². The van der Waals surface area contributed by atoms with E-state index in [1.165, 1.54) is 7.11 Å². The van der Waals surface area contributed by atoms with Gasteiger partial charge in [-0.1, -0.05) is 60.7 Å². The van der Waals surface area contributed by atoms with Crippen molar-refractivity contribution in [1.82, 2.24) is 14.8 Å². The van der Waals surface area contributed by atoms with Gasteiger partial charge in [-0.2, -0.15) is 9.67 Å². The van der Waals surface area contributed by atoms with Crippen LogP contribution in [-0.2, 0) is 11.3 Å². The van der Waals surface area contributed by atoms with Crippen molar-refractivity contribution in [3.8, 4) is 23.1 Å². The normalized spacial score (nSPS) is 10.5. The molecule has 29 heavy (non-hydrogen) atoms. The second kappa shape index (κ2) is 8.39. The largest absolute Gasteiger partial charge is 0.465 e. The Morgan fingerprint density at radius 3 is 2.21 bits per heavy atom. The topological polar surface area (TPSA) is 66.2 Å². The summed E-state index contributed by atoms with van der Waals surface area (Å²) < 4.78 is 12.4. The molecule has 0 saturated carbocycles. The fourth-order valence-corrected chi connectivity index (χ4v) is 2.85. The molecule has 3 aromatic carbocycles. The summed E-state index contributed by atoms with van der Waals surface area (Å²) in [6.45, 7) is 0.382. The Labute approximate surface area is 168 Å². The van der Waals surface area contributed by atoms with E-state index in [4.69, 9.17) is 9.47 Å². The van der Waals surface area contributed by atoms with Crippen LogP contribution in [-0.4, -0.2) is 27.8 Å². The first kappa shape index (κ1) is 18.4. The van der Waals surface area contributed by atoms with Crippen LogP contribution < -0.4 is 4.74 Å². The summed E-state index contributed by atoms with van der Waals surface area (Å²) in [5.74, 6) is 0.125. The summed E-state index contributed by atoms with van der Waals surface area (Å²) in [5, 5.41) is 4.62. The quantitative estimate of drug-likeness (QED) is 0.463. The SMILES string of the molecule is COC(=O)c1ccc(-c2nc(OCc3ccccc3)n(-c3ccccc3)n2)cc1. The minimum atomic E-state index is -0.383. The third-order valence-electron chi connectivity index (χ3n) is 4.35. The van der Waals surface area contributed by atoms with Crippen molar-refractivity contribution in [2.45, 2.75) is 6.61 Å². The van der Waals surface area contributed by atoms with Gasteiger partial charge in [0.25, 0.3) is 0 Å². The van der Waals surface area contributed by atoms with E-state index in [0.29, 0.717) is 24.0 Å². The number of carbonyl (C=O) groups excluding carboxylic acids is 1. The number of hydrogen-bond acceptors (Lipinski definition) is 5. The number of ether oxygens (including phenoxy) is 2. The van der Waals surface area contributed by atoms with Crippen LogP contribution >= 0.6 is 0 Å². The van der Waals surface area contributed by atoms with Crippen LogP contribution in [0, 0.1) is 0 Å². The van der Waals surface area contributed by atoms with E-state index >= 15 is 0 Å². The summed E-state index contributed by atoms with van der Waals surface area (Å²) in [4.78, 5) is 16.2. The number of aromatic nitrogens is 3. The Hall–Kier alpha value is -3.93. The van der Waals surface area contributed by atoms with Gasteiger partial charge < -0.3 is 9.47 Å². The van der Waals surface area contributed by atoms with Crippen LogP contribution in [0.4, 0.5) is 0 Å². The zero-order valence-corrected chi connectivity index (χ0v) is 15.9. The first-order valence-electron chi connectivity index (χ1n) is 9.12. The second-order valence-electron chi connectivity index (χ2n) is 6.31. The molecule has 6 heteroatoms. The molecule has 0 fully saturated rings. The van der Waals surface area contributed by atoms with Gasteiger partial charge in [0.1, 0.15) is 6.61 Å². The summed E-state index contributed by atoms with van der Waals surface area (Å²) in [7, 11) is 1.36. The molecule has 4 rings (SSSR count). The number of esters is 1. The molecule has 0 radical (unpaired) electrons. The Bertz CT molecular complexity index is 1090. The molecule has 4 aromatic rings. The number of benzene rings is 3. The number of nitrogens with zero attached hydrogens (tertiary/aromatic N) is 3. The molecule has 6 nitrogen and oxygen atoms in total.